The molecule has 1 aliphatic rings. The summed E-state index contributed by atoms with van der Waals surface area (Å²) in [5, 5.41) is 1.52. The number of nitrogens with two attached hydrogens (primary N) is 2. The largest absolute Gasteiger partial charge is 0.382 e. The van der Waals surface area contributed by atoms with Crippen LogP contribution in [0.1, 0.15) is 37.4 Å². The fraction of sp³-hybridized carbons (Fsp3) is 0.214. The molecule has 0 atom stereocenters. The molecule has 0 bridgehead atoms. The van der Waals surface area contributed by atoms with Crippen molar-refractivity contribution in [2.24, 2.45) is 11.7 Å². The molecule has 0 spiro atoms. The van der Waals surface area contributed by atoms with Crippen molar-refractivity contribution in [2.75, 3.05) is 5.73 Å². The number of anilines is 1. The summed E-state index contributed by atoms with van der Waals surface area (Å²) in [5.41, 5.74) is 16.8. The van der Waals surface area contributed by atoms with E-state index in [1.54, 1.807) is 6.20 Å². The number of pyridine rings is 1. The molecule has 1 saturated carbocycles. The molecule has 4 N–H and O–H groups in total. The van der Waals surface area contributed by atoms with Crippen LogP contribution < -0.4 is 11.5 Å². The Morgan fingerprint density at radius 1 is 1.00 bits per heavy atom. The number of primary amides is 1. The van der Waals surface area contributed by atoms with Gasteiger partial charge in [-0.15, -0.1) is 0 Å². The summed E-state index contributed by atoms with van der Waals surface area (Å²) in [7, 11) is 0. The fourth-order valence-electron chi connectivity index (χ4n) is 5.29. The molecule has 3 aromatic heterocycles. The molecule has 5 aromatic rings. The Hall–Kier alpha value is -3.97. The molecule has 180 valence electrons. The van der Waals surface area contributed by atoms with E-state index in [1.165, 1.54) is 0 Å². The Morgan fingerprint density at radius 3 is 2.53 bits per heavy atom. The lowest BCUT2D eigenvalue weighted by Gasteiger charge is -2.25. The van der Waals surface area contributed by atoms with Crippen molar-refractivity contribution in [3.8, 4) is 22.5 Å². The van der Waals surface area contributed by atoms with E-state index in [0.29, 0.717) is 16.5 Å². The predicted molar refractivity (Wildman–Crippen MR) is 142 cm³/mol. The van der Waals surface area contributed by atoms with Crippen LogP contribution in [0.25, 0.3) is 38.9 Å². The molecular weight excluding hydrogens is 472 g/mol. The number of rotatable bonds is 4. The van der Waals surface area contributed by atoms with Gasteiger partial charge in [0.1, 0.15) is 22.9 Å². The van der Waals surface area contributed by atoms with Crippen molar-refractivity contribution >= 4 is 39.7 Å². The fourth-order valence-corrected chi connectivity index (χ4v) is 5.56. The van der Waals surface area contributed by atoms with Gasteiger partial charge in [-0.1, -0.05) is 48.0 Å². The minimum absolute atomic E-state index is 0.0708. The number of carbonyl (C=O) groups is 1. The number of hydrogen-bond acceptors (Lipinski definition) is 5. The van der Waals surface area contributed by atoms with Gasteiger partial charge in [-0.05, 0) is 43.9 Å². The lowest BCUT2D eigenvalue weighted by atomic mass is 9.81. The summed E-state index contributed by atoms with van der Waals surface area (Å²) < 4.78 is 2.02. The van der Waals surface area contributed by atoms with Crippen molar-refractivity contribution in [3.05, 3.63) is 77.8 Å². The van der Waals surface area contributed by atoms with Crippen molar-refractivity contribution in [1.82, 2.24) is 19.4 Å². The first-order valence-corrected chi connectivity index (χ1v) is 12.4. The molecule has 7 nitrogen and oxygen atoms in total. The molecule has 2 aromatic carbocycles. The van der Waals surface area contributed by atoms with Gasteiger partial charge in [0, 0.05) is 40.7 Å². The summed E-state index contributed by atoms with van der Waals surface area (Å²) in [6, 6.07) is 18.0. The first-order chi connectivity index (χ1) is 17.5. The second kappa shape index (κ2) is 8.91. The molecule has 0 saturated heterocycles. The summed E-state index contributed by atoms with van der Waals surface area (Å²) in [6.07, 6.45) is 6.76. The number of nitrogens with zero attached hydrogens (tertiary/aromatic N) is 4. The predicted octanol–water partition coefficient (Wildman–Crippen LogP) is 5.61. The smallest absolute Gasteiger partial charge is 0.220 e. The SMILES string of the molecule is NC(=O)C1CCC(c2nc(-c3cc4nc(-c5ccccc5)ccc4cc3Cl)c3c(N)nccn23)CC1. The Labute approximate surface area is 213 Å². The molecule has 8 heteroatoms. The zero-order valence-corrected chi connectivity index (χ0v) is 20.3. The molecule has 0 radical (unpaired) electrons. The zero-order chi connectivity index (χ0) is 24.8. The Kier molecular flexibility index (Phi) is 5.57. The Bertz CT molecular complexity index is 1610. The van der Waals surface area contributed by atoms with E-state index in [4.69, 9.17) is 33.0 Å². The average Bonchev–Trinajstić information content (AvgIpc) is 3.29. The number of aromatic nitrogens is 4. The highest BCUT2D eigenvalue weighted by Crippen LogP contribution is 2.40. The maximum atomic E-state index is 11.7. The van der Waals surface area contributed by atoms with Crippen LogP contribution in [0.15, 0.2) is 67.0 Å². The molecule has 0 aliphatic heterocycles. The van der Waals surface area contributed by atoms with Crippen LogP contribution >= 0.6 is 11.6 Å². The van der Waals surface area contributed by atoms with Crippen LogP contribution in [-0.2, 0) is 4.79 Å². The third-order valence-corrected chi connectivity index (χ3v) is 7.52. The maximum Gasteiger partial charge on any atom is 0.220 e. The minimum atomic E-state index is -0.221. The van der Waals surface area contributed by atoms with E-state index >= 15 is 0 Å². The maximum absolute atomic E-state index is 11.7. The van der Waals surface area contributed by atoms with Gasteiger partial charge >= 0.3 is 0 Å². The highest BCUT2D eigenvalue weighted by Gasteiger charge is 2.30. The van der Waals surface area contributed by atoms with Crippen molar-refractivity contribution < 1.29 is 4.79 Å². The normalized spacial score (nSPS) is 18.0. The topological polar surface area (TPSA) is 112 Å². The number of fused-ring (bicyclic) bond motifs is 2. The van der Waals surface area contributed by atoms with Gasteiger partial charge < -0.3 is 11.5 Å². The third kappa shape index (κ3) is 3.85. The van der Waals surface area contributed by atoms with Gasteiger partial charge in [0.15, 0.2) is 0 Å². The van der Waals surface area contributed by atoms with Crippen molar-refractivity contribution in [3.63, 3.8) is 0 Å². The summed E-state index contributed by atoms with van der Waals surface area (Å²) in [6.45, 7) is 0. The quantitative estimate of drug-likeness (QED) is 0.336. The Balaban J connectivity index is 1.48. The van der Waals surface area contributed by atoms with Crippen LogP contribution in [0.4, 0.5) is 5.82 Å². The van der Waals surface area contributed by atoms with Gasteiger partial charge in [0.2, 0.25) is 5.91 Å². The van der Waals surface area contributed by atoms with E-state index in [0.717, 1.165) is 64.7 Å². The lowest BCUT2D eigenvalue weighted by Crippen LogP contribution is -2.27. The standard InChI is InChI=1S/C28H25ClN6O/c29-21-14-19-10-11-22(16-4-2-1-3-5-16)33-23(19)15-20(21)24-25-26(30)32-12-13-35(25)28(34-24)18-8-6-17(7-9-18)27(31)36/h1-5,10-15,17-18H,6-9H2,(H2,30,32)(H2,31,36). The molecule has 1 aliphatic carbocycles. The summed E-state index contributed by atoms with van der Waals surface area (Å²) >= 11 is 6.81. The molecule has 0 unspecified atom stereocenters. The molecule has 36 heavy (non-hydrogen) atoms. The van der Waals surface area contributed by atoms with Gasteiger partial charge in [0.05, 0.1) is 16.2 Å². The van der Waals surface area contributed by atoms with E-state index < -0.39 is 0 Å². The van der Waals surface area contributed by atoms with E-state index in [1.807, 2.05) is 65.2 Å². The van der Waals surface area contributed by atoms with Crippen LogP contribution in [0, 0.1) is 5.92 Å². The summed E-state index contributed by atoms with van der Waals surface area (Å²) in [4.78, 5) is 26.0. The number of carbonyl (C=O) groups excluding carboxylic acids is 1. The van der Waals surface area contributed by atoms with Crippen LogP contribution in [0.5, 0.6) is 0 Å². The van der Waals surface area contributed by atoms with Gasteiger partial charge in [-0.25, -0.2) is 15.0 Å². The molecule has 6 rings (SSSR count). The average molecular weight is 497 g/mol. The number of halogens is 1. The highest BCUT2D eigenvalue weighted by molar-refractivity contribution is 6.34. The minimum Gasteiger partial charge on any atom is -0.382 e. The van der Waals surface area contributed by atoms with E-state index in [2.05, 4.69) is 4.98 Å². The first kappa shape index (κ1) is 22.5. The van der Waals surface area contributed by atoms with Gasteiger partial charge in [-0.2, -0.15) is 0 Å². The molecule has 1 amide bonds. The second-order valence-electron chi connectivity index (χ2n) is 9.39. The number of amides is 1. The zero-order valence-electron chi connectivity index (χ0n) is 19.6. The van der Waals surface area contributed by atoms with Crippen LogP contribution in [-0.4, -0.2) is 25.3 Å². The third-order valence-electron chi connectivity index (χ3n) is 7.21. The molecular formula is C28H25ClN6O. The van der Waals surface area contributed by atoms with Crippen molar-refractivity contribution in [2.45, 2.75) is 31.6 Å². The Morgan fingerprint density at radius 2 is 1.78 bits per heavy atom. The second-order valence-corrected chi connectivity index (χ2v) is 9.80. The number of nitrogen functional groups attached to an aromatic ring is 1. The number of imidazole rings is 1. The van der Waals surface area contributed by atoms with Gasteiger partial charge in [-0.3, -0.25) is 9.20 Å². The lowest BCUT2D eigenvalue weighted by molar-refractivity contribution is -0.122. The highest BCUT2D eigenvalue weighted by atomic mass is 35.5. The monoisotopic (exact) mass is 496 g/mol. The first-order valence-electron chi connectivity index (χ1n) is 12.1. The van der Waals surface area contributed by atoms with Gasteiger partial charge in [0.25, 0.3) is 0 Å². The molecule has 3 heterocycles. The van der Waals surface area contributed by atoms with Crippen LogP contribution in [0.2, 0.25) is 5.02 Å². The number of benzene rings is 2. The van der Waals surface area contributed by atoms with Crippen LogP contribution in [0.3, 0.4) is 0 Å². The summed E-state index contributed by atoms with van der Waals surface area (Å²) in [5.74, 6) is 1.18. The number of hydrogen-bond donors (Lipinski definition) is 2. The van der Waals surface area contributed by atoms with E-state index in [-0.39, 0.29) is 17.7 Å². The van der Waals surface area contributed by atoms with Crippen molar-refractivity contribution in [1.29, 1.82) is 0 Å². The van der Waals surface area contributed by atoms with E-state index in [9.17, 15) is 4.79 Å². The molecule has 1 fully saturated rings.